The molecule has 0 spiro atoms. The van der Waals surface area contributed by atoms with E-state index in [1.165, 1.54) is 19.3 Å². The highest BCUT2D eigenvalue weighted by Crippen LogP contribution is 2.41. The number of carbonyl (C=O) groups excluding carboxylic acids is 2. The van der Waals surface area contributed by atoms with Crippen molar-refractivity contribution in [1.29, 1.82) is 0 Å². The molecule has 2 amide bonds. The first-order valence-electron chi connectivity index (χ1n) is 8.09. The van der Waals surface area contributed by atoms with E-state index in [9.17, 15) is 9.59 Å². The maximum absolute atomic E-state index is 12.9. The van der Waals surface area contributed by atoms with Gasteiger partial charge < -0.3 is 10.2 Å². The maximum atomic E-state index is 12.9. The summed E-state index contributed by atoms with van der Waals surface area (Å²) in [7, 11) is 0. The molecule has 20 heavy (non-hydrogen) atoms. The Balaban J connectivity index is 1.82. The van der Waals surface area contributed by atoms with Crippen molar-refractivity contribution in [2.24, 2.45) is 11.3 Å². The third-order valence-electron chi connectivity index (χ3n) is 5.37. The van der Waals surface area contributed by atoms with E-state index in [4.69, 9.17) is 0 Å². The summed E-state index contributed by atoms with van der Waals surface area (Å²) in [6.45, 7) is 5.15. The Kier molecular flexibility index (Phi) is 3.51. The topological polar surface area (TPSA) is 49.4 Å². The number of amides is 2. The summed E-state index contributed by atoms with van der Waals surface area (Å²) in [5.74, 6) is 0.614. The predicted octanol–water partition coefficient (Wildman–Crippen LogP) is 2.08. The van der Waals surface area contributed by atoms with Crippen molar-refractivity contribution in [2.45, 2.75) is 70.9 Å². The highest BCUT2D eigenvalue weighted by Gasteiger charge is 2.45. The van der Waals surface area contributed by atoms with E-state index in [1.54, 1.807) is 0 Å². The normalized spacial score (nSPS) is 34.6. The van der Waals surface area contributed by atoms with Gasteiger partial charge in [-0.25, -0.2) is 0 Å². The fourth-order valence-corrected chi connectivity index (χ4v) is 3.93. The highest BCUT2D eigenvalue weighted by molar-refractivity contribution is 5.90. The summed E-state index contributed by atoms with van der Waals surface area (Å²) in [6.07, 6.45) is 7.35. The molecule has 2 unspecified atom stereocenters. The molecule has 0 radical (unpaired) electrons. The number of nitrogens with one attached hydrogen (secondary N) is 1. The molecular weight excluding hydrogens is 252 g/mol. The zero-order chi connectivity index (χ0) is 14.3. The van der Waals surface area contributed by atoms with E-state index in [0.717, 1.165) is 19.3 Å². The zero-order valence-corrected chi connectivity index (χ0v) is 12.7. The number of nitrogens with zero attached hydrogens (tertiary/aromatic N) is 1. The number of carbonyl (C=O) groups is 2. The smallest absolute Gasteiger partial charge is 0.245 e. The third-order valence-corrected chi connectivity index (χ3v) is 5.37. The molecule has 3 aliphatic rings. The van der Waals surface area contributed by atoms with Crippen LogP contribution in [0.5, 0.6) is 0 Å². The van der Waals surface area contributed by atoms with E-state index in [2.05, 4.69) is 19.2 Å². The van der Waals surface area contributed by atoms with Crippen LogP contribution >= 0.6 is 0 Å². The molecule has 1 saturated heterocycles. The predicted molar refractivity (Wildman–Crippen MR) is 77.0 cm³/mol. The molecule has 1 heterocycles. The number of rotatable bonds is 2. The van der Waals surface area contributed by atoms with Crippen LogP contribution in [0.3, 0.4) is 0 Å². The van der Waals surface area contributed by atoms with Crippen LogP contribution in [0.15, 0.2) is 0 Å². The fraction of sp³-hybridized carbons (Fsp3) is 0.875. The average Bonchev–Trinajstić information content (AvgIpc) is 3.20. The van der Waals surface area contributed by atoms with E-state index in [0.29, 0.717) is 24.9 Å². The summed E-state index contributed by atoms with van der Waals surface area (Å²) >= 11 is 0. The molecule has 112 valence electrons. The Morgan fingerprint density at radius 3 is 2.55 bits per heavy atom. The van der Waals surface area contributed by atoms with Gasteiger partial charge in [-0.15, -0.1) is 0 Å². The summed E-state index contributed by atoms with van der Waals surface area (Å²) in [4.78, 5) is 26.8. The van der Waals surface area contributed by atoms with Gasteiger partial charge in [-0.3, -0.25) is 9.59 Å². The molecule has 2 aliphatic carbocycles. The Bertz CT molecular complexity index is 415. The largest absolute Gasteiger partial charge is 0.344 e. The van der Waals surface area contributed by atoms with Crippen molar-refractivity contribution in [3.05, 3.63) is 0 Å². The van der Waals surface area contributed by atoms with Gasteiger partial charge in [0.25, 0.3) is 0 Å². The molecule has 1 aliphatic heterocycles. The number of hydrogen-bond acceptors (Lipinski definition) is 2. The van der Waals surface area contributed by atoms with Crippen LogP contribution in [0.2, 0.25) is 0 Å². The average molecular weight is 278 g/mol. The van der Waals surface area contributed by atoms with Gasteiger partial charge in [0.05, 0.1) is 0 Å². The second-order valence-electron chi connectivity index (χ2n) is 7.41. The van der Waals surface area contributed by atoms with Gasteiger partial charge in [0.15, 0.2) is 0 Å². The van der Waals surface area contributed by atoms with Crippen molar-refractivity contribution in [2.75, 3.05) is 6.54 Å². The quantitative estimate of drug-likeness (QED) is 0.841. The fourth-order valence-electron chi connectivity index (χ4n) is 3.93. The van der Waals surface area contributed by atoms with Crippen LogP contribution in [0.4, 0.5) is 0 Å². The van der Waals surface area contributed by atoms with Crippen LogP contribution < -0.4 is 5.32 Å². The van der Waals surface area contributed by atoms with Gasteiger partial charge in [-0.2, -0.15) is 0 Å². The van der Waals surface area contributed by atoms with Crippen LogP contribution in [0.25, 0.3) is 0 Å². The number of hydrogen-bond donors (Lipinski definition) is 1. The Morgan fingerprint density at radius 2 is 1.90 bits per heavy atom. The summed E-state index contributed by atoms with van der Waals surface area (Å²) < 4.78 is 0. The minimum absolute atomic E-state index is 0.0476. The first-order chi connectivity index (χ1) is 9.49. The molecule has 0 aromatic carbocycles. The lowest BCUT2D eigenvalue weighted by Crippen LogP contribution is -2.54. The molecule has 2 atom stereocenters. The molecule has 2 saturated carbocycles. The standard InChI is InChI=1S/C16H26N2O2/c1-16(2)9-4-3-5-12(16)18-10-8-13(19)17-14(15(18)20)11-6-7-11/h11-12,14H,3-10H2,1-2H3,(H,17,19). The maximum Gasteiger partial charge on any atom is 0.245 e. The minimum Gasteiger partial charge on any atom is -0.344 e. The molecule has 3 fully saturated rings. The van der Waals surface area contributed by atoms with Gasteiger partial charge in [0.2, 0.25) is 11.8 Å². The van der Waals surface area contributed by atoms with Crippen LogP contribution in [0, 0.1) is 11.3 Å². The van der Waals surface area contributed by atoms with Crippen LogP contribution in [-0.2, 0) is 9.59 Å². The van der Waals surface area contributed by atoms with Crippen molar-refractivity contribution >= 4 is 11.8 Å². The second-order valence-corrected chi connectivity index (χ2v) is 7.41. The van der Waals surface area contributed by atoms with E-state index >= 15 is 0 Å². The molecule has 4 heteroatoms. The van der Waals surface area contributed by atoms with Gasteiger partial charge in [-0.1, -0.05) is 26.7 Å². The highest BCUT2D eigenvalue weighted by atomic mass is 16.2. The van der Waals surface area contributed by atoms with Gasteiger partial charge in [0, 0.05) is 19.0 Å². The van der Waals surface area contributed by atoms with Gasteiger partial charge in [0.1, 0.15) is 6.04 Å². The lowest BCUT2D eigenvalue weighted by molar-refractivity contribution is -0.139. The molecule has 3 rings (SSSR count). The molecule has 0 aromatic rings. The zero-order valence-electron chi connectivity index (χ0n) is 12.7. The monoisotopic (exact) mass is 278 g/mol. The Morgan fingerprint density at radius 1 is 1.15 bits per heavy atom. The third kappa shape index (κ3) is 2.57. The van der Waals surface area contributed by atoms with Crippen LogP contribution in [-0.4, -0.2) is 35.3 Å². The summed E-state index contributed by atoms with van der Waals surface area (Å²) in [5, 5.41) is 2.96. The van der Waals surface area contributed by atoms with Gasteiger partial charge in [-0.05, 0) is 37.0 Å². The van der Waals surface area contributed by atoms with Crippen molar-refractivity contribution in [3.8, 4) is 0 Å². The first kappa shape index (κ1) is 13.9. The molecule has 0 bridgehead atoms. The van der Waals surface area contributed by atoms with E-state index < -0.39 is 0 Å². The molecule has 0 aromatic heterocycles. The van der Waals surface area contributed by atoms with E-state index in [1.807, 2.05) is 4.90 Å². The lowest BCUT2D eigenvalue weighted by atomic mass is 9.72. The Hall–Kier alpha value is -1.06. The van der Waals surface area contributed by atoms with Crippen LogP contribution in [0.1, 0.15) is 58.8 Å². The SMILES string of the molecule is CC1(C)CCCCC1N1CCC(=O)NC(C2CC2)C1=O. The molecule has 1 N–H and O–H groups in total. The minimum atomic E-state index is -0.247. The van der Waals surface area contributed by atoms with E-state index in [-0.39, 0.29) is 23.3 Å². The summed E-state index contributed by atoms with van der Waals surface area (Å²) in [6, 6.07) is 0.0560. The summed E-state index contributed by atoms with van der Waals surface area (Å²) in [5.41, 5.74) is 0.176. The van der Waals surface area contributed by atoms with Crippen molar-refractivity contribution in [1.82, 2.24) is 10.2 Å². The van der Waals surface area contributed by atoms with Gasteiger partial charge >= 0.3 is 0 Å². The molecule has 4 nitrogen and oxygen atoms in total. The Labute approximate surface area is 121 Å². The van der Waals surface area contributed by atoms with Crippen molar-refractivity contribution in [3.63, 3.8) is 0 Å². The lowest BCUT2D eigenvalue weighted by Gasteiger charge is -2.45. The first-order valence-corrected chi connectivity index (χ1v) is 8.09. The second kappa shape index (κ2) is 5.05. The van der Waals surface area contributed by atoms with Crippen molar-refractivity contribution < 1.29 is 9.59 Å². The molecular formula is C16H26N2O2.